The van der Waals surface area contributed by atoms with Gasteiger partial charge in [0.15, 0.2) is 0 Å². The van der Waals surface area contributed by atoms with Gasteiger partial charge >= 0.3 is 0 Å². The van der Waals surface area contributed by atoms with Crippen LogP contribution in [0.15, 0.2) is 0 Å². The summed E-state index contributed by atoms with van der Waals surface area (Å²) >= 11 is 0. The first-order valence-corrected chi connectivity index (χ1v) is 4.40. The molecule has 0 aliphatic heterocycles. The minimum atomic E-state index is -0.685. The number of hydrogen-bond donors (Lipinski definition) is 1. The van der Waals surface area contributed by atoms with Gasteiger partial charge in [0, 0.05) is 13.2 Å². The molecule has 0 aromatic carbocycles. The number of nitrogens with zero attached hydrogens (tertiary/aromatic N) is 1. The zero-order valence-electron chi connectivity index (χ0n) is 7.97. The summed E-state index contributed by atoms with van der Waals surface area (Å²) in [6.07, 6.45) is 2.60. The summed E-state index contributed by atoms with van der Waals surface area (Å²) in [6.45, 7) is 5.32. The first kappa shape index (κ1) is 11.4. The van der Waals surface area contributed by atoms with E-state index in [0.717, 1.165) is 19.4 Å². The van der Waals surface area contributed by atoms with Crippen LogP contribution in [0.25, 0.3) is 0 Å². The van der Waals surface area contributed by atoms with Crippen LogP contribution in [0.1, 0.15) is 33.1 Å². The van der Waals surface area contributed by atoms with Crippen molar-refractivity contribution in [3.8, 4) is 6.07 Å². The average Bonchev–Trinajstić information content (AvgIpc) is 2.04. The van der Waals surface area contributed by atoms with Gasteiger partial charge in [-0.3, -0.25) is 0 Å². The summed E-state index contributed by atoms with van der Waals surface area (Å²) in [6, 6.07) is 2.05. The minimum absolute atomic E-state index is 0.685. The summed E-state index contributed by atoms with van der Waals surface area (Å²) in [5.41, 5.74) is 4.93. The van der Waals surface area contributed by atoms with E-state index in [0.29, 0.717) is 13.0 Å². The summed E-state index contributed by atoms with van der Waals surface area (Å²) in [5.74, 6) is 0. The lowest BCUT2D eigenvalue weighted by atomic mass is 10.00. The first-order valence-electron chi connectivity index (χ1n) is 4.40. The van der Waals surface area contributed by atoms with Gasteiger partial charge in [-0.2, -0.15) is 5.26 Å². The van der Waals surface area contributed by atoms with Gasteiger partial charge in [0.05, 0.1) is 6.07 Å². The fraction of sp³-hybridized carbons (Fsp3) is 0.889. The predicted molar refractivity (Wildman–Crippen MR) is 48.5 cm³/mol. The fourth-order valence-corrected chi connectivity index (χ4v) is 0.844. The second kappa shape index (κ2) is 5.99. The van der Waals surface area contributed by atoms with Crippen molar-refractivity contribution in [1.29, 1.82) is 5.26 Å². The molecule has 0 fully saturated rings. The topological polar surface area (TPSA) is 59.0 Å². The third-order valence-corrected chi connectivity index (χ3v) is 1.59. The van der Waals surface area contributed by atoms with Crippen molar-refractivity contribution in [2.75, 3.05) is 13.2 Å². The Balaban J connectivity index is 3.27. The molecule has 3 nitrogen and oxygen atoms in total. The Hall–Kier alpha value is -0.590. The van der Waals surface area contributed by atoms with Crippen LogP contribution in [0.4, 0.5) is 0 Å². The van der Waals surface area contributed by atoms with Gasteiger partial charge < -0.3 is 10.5 Å². The van der Waals surface area contributed by atoms with Crippen LogP contribution in [0.5, 0.6) is 0 Å². The molecule has 0 aliphatic rings. The molecule has 0 spiro atoms. The van der Waals surface area contributed by atoms with Crippen molar-refractivity contribution in [3.05, 3.63) is 0 Å². The van der Waals surface area contributed by atoms with Crippen molar-refractivity contribution in [2.24, 2.45) is 5.73 Å². The molecule has 1 atom stereocenters. The van der Waals surface area contributed by atoms with Gasteiger partial charge in [-0.25, -0.2) is 0 Å². The molecule has 0 radical (unpaired) electrons. The Morgan fingerprint density at radius 1 is 1.50 bits per heavy atom. The van der Waals surface area contributed by atoms with E-state index in [-0.39, 0.29) is 0 Å². The van der Waals surface area contributed by atoms with Gasteiger partial charge in [0.25, 0.3) is 0 Å². The molecule has 0 amide bonds. The van der Waals surface area contributed by atoms with E-state index in [4.69, 9.17) is 15.7 Å². The van der Waals surface area contributed by atoms with Crippen molar-refractivity contribution in [3.63, 3.8) is 0 Å². The third kappa shape index (κ3) is 6.14. The molecule has 0 saturated heterocycles. The van der Waals surface area contributed by atoms with Crippen molar-refractivity contribution < 1.29 is 4.74 Å². The zero-order valence-corrected chi connectivity index (χ0v) is 7.97. The predicted octanol–water partition coefficient (Wildman–Crippen LogP) is 1.43. The summed E-state index contributed by atoms with van der Waals surface area (Å²) < 4.78 is 5.26. The smallest absolute Gasteiger partial charge is 0.101 e. The van der Waals surface area contributed by atoms with Gasteiger partial charge in [-0.15, -0.1) is 0 Å². The highest BCUT2D eigenvalue weighted by atomic mass is 16.5. The molecule has 70 valence electrons. The summed E-state index contributed by atoms with van der Waals surface area (Å²) in [7, 11) is 0. The third-order valence-electron chi connectivity index (χ3n) is 1.59. The van der Waals surface area contributed by atoms with E-state index in [1.165, 1.54) is 0 Å². The van der Waals surface area contributed by atoms with E-state index in [1.807, 2.05) is 0 Å². The summed E-state index contributed by atoms with van der Waals surface area (Å²) in [5, 5.41) is 8.58. The van der Waals surface area contributed by atoms with E-state index in [1.54, 1.807) is 6.92 Å². The highest BCUT2D eigenvalue weighted by molar-refractivity contribution is 5.00. The lowest BCUT2D eigenvalue weighted by molar-refractivity contribution is 0.128. The van der Waals surface area contributed by atoms with Crippen LogP contribution in [0.3, 0.4) is 0 Å². The molecule has 0 aliphatic carbocycles. The second-order valence-electron chi connectivity index (χ2n) is 3.25. The largest absolute Gasteiger partial charge is 0.381 e. The Bertz CT molecular complexity index is 149. The molecule has 0 heterocycles. The Morgan fingerprint density at radius 3 is 2.67 bits per heavy atom. The molecule has 0 saturated carbocycles. The Labute approximate surface area is 74.5 Å². The molecule has 0 aromatic rings. The van der Waals surface area contributed by atoms with Crippen molar-refractivity contribution in [1.82, 2.24) is 0 Å². The standard InChI is InChI=1S/C9H18N2O/c1-3-6-12-7-4-5-9(2,11)8-10/h3-7,11H2,1-2H3. The van der Waals surface area contributed by atoms with E-state index < -0.39 is 5.54 Å². The highest BCUT2D eigenvalue weighted by Crippen LogP contribution is 2.06. The lowest BCUT2D eigenvalue weighted by Crippen LogP contribution is -2.34. The molecular weight excluding hydrogens is 152 g/mol. The van der Waals surface area contributed by atoms with Gasteiger partial charge in [-0.1, -0.05) is 6.92 Å². The normalized spacial score (nSPS) is 15.2. The van der Waals surface area contributed by atoms with Crippen LogP contribution in [0.2, 0.25) is 0 Å². The Kier molecular flexibility index (Phi) is 5.69. The van der Waals surface area contributed by atoms with Crippen molar-refractivity contribution >= 4 is 0 Å². The van der Waals surface area contributed by atoms with Crippen LogP contribution < -0.4 is 5.73 Å². The molecule has 0 aromatic heterocycles. The molecule has 0 bridgehead atoms. The van der Waals surface area contributed by atoms with Gasteiger partial charge in [0.1, 0.15) is 5.54 Å². The van der Waals surface area contributed by atoms with Crippen molar-refractivity contribution in [2.45, 2.75) is 38.6 Å². The molecule has 0 rings (SSSR count). The number of nitriles is 1. The monoisotopic (exact) mass is 170 g/mol. The number of nitrogens with two attached hydrogens (primary N) is 1. The SMILES string of the molecule is CCCOCCCC(C)(N)C#N. The minimum Gasteiger partial charge on any atom is -0.381 e. The maximum atomic E-state index is 8.58. The molecule has 3 heteroatoms. The van der Waals surface area contributed by atoms with Crippen LogP contribution in [0, 0.1) is 11.3 Å². The van der Waals surface area contributed by atoms with E-state index >= 15 is 0 Å². The zero-order chi connectivity index (χ0) is 9.45. The second-order valence-corrected chi connectivity index (χ2v) is 3.25. The van der Waals surface area contributed by atoms with Crippen LogP contribution in [-0.4, -0.2) is 18.8 Å². The highest BCUT2D eigenvalue weighted by Gasteiger charge is 2.15. The number of rotatable bonds is 6. The number of ether oxygens (including phenoxy) is 1. The van der Waals surface area contributed by atoms with Crippen LogP contribution >= 0.6 is 0 Å². The van der Waals surface area contributed by atoms with Gasteiger partial charge in [0.2, 0.25) is 0 Å². The maximum absolute atomic E-state index is 8.58. The maximum Gasteiger partial charge on any atom is 0.101 e. The molecular formula is C9H18N2O. The van der Waals surface area contributed by atoms with E-state index in [2.05, 4.69) is 13.0 Å². The molecule has 12 heavy (non-hydrogen) atoms. The molecule has 2 N–H and O–H groups in total. The summed E-state index contributed by atoms with van der Waals surface area (Å²) in [4.78, 5) is 0. The average molecular weight is 170 g/mol. The van der Waals surface area contributed by atoms with E-state index in [9.17, 15) is 0 Å². The Morgan fingerprint density at radius 2 is 2.17 bits per heavy atom. The lowest BCUT2D eigenvalue weighted by Gasteiger charge is -2.14. The number of hydrogen-bond acceptors (Lipinski definition) is 3. The van der Waals surface area contributed by atoms with Crippen LogP contribution in [-0.2, 0) is 4.74 Å². The quantitative estimate of drug-likeness (QED) is 0.613. The van der Waals surface area contributed by atoms with Gasteiger partial charge in [-0.05, 0) is 26.2 Å². The molecule has 1 unspecified atom stereocenters. The first-order chi connectivity index (χ1) is 5.62. The fourth-order valence-electron chi connectivity index (χ4n) is 0.844.